The molecule has 0 unspecified atom stereocenters. The van der Waals surface area contributed by atoms with E-state index in [1.54, 1.807) is 0 Å². The van der Waals surface area contributed by atoms with Crippen molar-refractivity contribution in [3.63, 3.8) is 0 Å². The highest BCUT2D eigenvalue weighted by Gasteiger charge is 2.37. The highest BCUT2D eigenvalue weighted by atomic mass is 28.3. The number of carbonyl (C=O) groups is 1. The summed E-state index contributed by atoms with van der Waals surface area (Å²) in [5.74, 6) is 7.39. The number of rotatable bonds is 10. The van der Waals surface area contributed by atoms with E-state index >= 15 is 0 Å². The van der Waals surface area contributed by atoms with Gasteiger partial charge in [0, 0.05) is 24.0 Å². The van der Waals surface area contributed by atoms with Crippen LogP contribution in [0.25, 0.3) is 0 Å². The van der Waals surface area contributed by atoms with Gasteiger partial charge in [0.25, 0.3) is 0 Å². The molecule has 0 bridgehead atoms. The van der Waals surface area contributed by atoms with Crippen molar-refractivity contribution in [2.45, 2.75) is 57.0 Å². The summed E-state index contributed by atoms with van der Waals surface area (Å²) in [5, 5.41) is 5.10. The molecule has 0 heterocycles. The van der Waals surface area contributed by atoms with Crippen LogP contribution in [0.5, 0.6) is 0 Å². The van der Waals surface area contributed by atoms with Crippen LogP contribution in [0.3, 0.4) is 0 Å². The van der Waals surface area contributed by atoms with Gasteiger partial charge in [-0.25, -0.2) is 0 Å². The van der Waals surface area contributed by atoms with E-state index in [1.165, 1.54) is 38.3 Å². The van der Waals surface area contributed by atoms with Gasteiger partial charge in [-0.05, 0) is 69.7 Å². The molecule has 2 aliphatic rings. The molecule has 0 amide bonds. The van der Waals surface area contributed by atoms with E-state index in [-0.39, 0.29) is 5.78 Å². The quantitative estimate of drug-likeness (QED) is 0.0955. The summed E-state index contributed by atoms with van der Waals surface area (Å²) < 4.78 is 0. The van der Waals surface area contributed by atoms with Crippen molar-refractivity contribution in [1.29, 1.82) is 0 Å². The van der Waals surface area contributed by atoms with Gasteiger partial charge in [-0.1, -0.05) is 140 Å². The number of benzene rings is 4. The van der Waals surface area contributed by atoms with Gasteiger partial charge in [0.05, 0.1) is 0 Å². The second kappa shape index (κ2) is 16.0. The van der Waals surface area contributed by atoms with E-state index < -0.39 is 16.1 Å². The fourth-order valence-electron chi connectivity index (χ4n) is 7.66. The average molecular weight is 669 g/mol. The van der Waals surface area contributed by atoms with Gasteiger partial charge in [0.2, 0.25) is 16.1 Å². The van der Waals surface area contributed by atoms with Gasteiger partial charge < -0.3 is 0 Å². The summed E-state index contributed by atoms with van der Waals surface area (Å²) >= 11 is 0. The highest BCUT2D eigenvalue weighted by Crippen LogP contribution is 2.40. The van der Waals surface area contributed by atoms with Crippen LogP contribution in [0.4, 0.5) is 0 Å². The highest BCUT2D eigenvalue weighted by molar-refractivity contribution is 7.09. The van der Waals surface area contributed by atoms with Crippen molar-refractivity contribution in [3.05, 3.63) is 169 Å². The topological polar surface area (TPSA) is 17.1 Å². The third-order valence-electron chi connectivity index (χ3n) is 10.1. The molecule has 49 heavy (non-hydrogen) atoms. The monoisotopic (exact) mass is 668 g/mol. The normalized spacial score (nSPS) is 14.6. The Bertz CT molecular complexity index is 1760. The molecule has 4 aromatic rings. The first kappa shape index (κ1) is 33.9. The summed E-state index contributed by atoms with van der Waals surface area (Å²) in [6.45, 7) is 8.29. The Kier molecular flexibility index (Phi) is 11.1. The lowest BCUT2D eigenvalue weighted by Crippen LogP contribution is -2.57. The number of allylic oxidation sites excluding steroid dienone is 6. The summed E-state index contributed by atoms with van der Waals surface area (Å²) in [6, 6.07) is 44.4. The second-order valence-electron chi connectivity index (χ2n) is 13.0. The standard InChI is InChI=1S/C46H44OSi2/c1-3-34-48(38-22-10-5-11-23-38,39-24-12-6-13-25-39)36-20-32-44-42-30-18-9-19-31-43(42)45(46(44)47)33-21-37-49(35-4-2,40-26-14-7-15-27-40)41-28-16-8-17-29-41/h3-8,10-17,22-29H,1-2,9,18-19,30-35H2. The summed E-state index contributed by atoms with van der Waals surface area (Å²) in [5.41, 5.74) is 12.0. The number of fused-ring (bicyclic) bond motifs is 1. The van der Waals surface area contributed by atoms with Crippen molar-refractivity contribution in [2.24, 2.45) is 0 Å². The molecule has 0 radical (unpaired) electrons. The van der Waals surface area contributed by atoms with Gasteiger partial charge in [0.15, 0.2) is 5.78 Å². The minimum Gasteiger partial charge on any atom is -0.289 e. The smallest absolute Gasteiger partial charge is 0.202 e. The van der Waals surface area contributed by atoms with E-state index in [2.05, 4.69) is 157 Å². The molecule has 6 rings (SSSR count). The predicted octanol–water partition coefficient (Wildman–Crippen LogP) is 7.89. The molecule has 1 nitrogen and oxygen atoms in total. The Balaban J connectivity index is 1.36. The Hall–Kier alpha value is -4.94. The van der Waals surface area contributed by atoms with Gasteiger partial charge >= 0.3 is 0 Å². The predicted molar refractivity (Wildman–Crippen MR) is 213 cm³/mol. The fraction of sp³-hybridized carbons (Fsp3) is 0.196. The van der Waals surface area contributed by atoms with E-state index in [4.69, 9.17) is 0 Å². The number of carbonyl (C=O) groups excluding carboxylic acids is 1. The molecule has 1 fully saturated rings. The second-order valence-corrected chi connectivity index (χ2v) is 20.3. The van der Waals surface area contributed by atoms with Crippen LogP contribution < -0.4 is 20.7 Å². The maximum Gasteiger partial charge on any atom is 0.202 e. The Labute approximate surface area is 295 Å². The molecule has 0 N–H and O–H groups in total. The lowest BCUT2D eigenvalue weighted by Gasteiger charge is -2.26. The van der Waals surface area contributed by atoms with Gasteiger partial charge in [-0.3, -0.25) is 4.79 Å². The number of hydrogen-bond acceptors (Lipinski definition) is 1. The van der Waals surface area contributed by atoms with Crippen LogP contribution in [0.1, 0.15) is 44.9 Å². The minimum absolute atomic E-state index is 0.168. The lowest BCUT2D eigenvalue weighted by atomic mass is 9.99. The van der Waals surface area contributed by atoms with Crippen LogP contribution in [0, 0.1) is 22.9 Å². The Morgan fingerprint density at radius 1 is 0.510 bits per heavy atom. The molecular formula is C46H44OSi2. The van der Waals surface area contributed by atoms with Crippen molar-refractivity contribution in [2.75, 3.05) is 0 Å². The summed E-state index contributed by atoms with van der Waals surface area (Å²) in [7, 11) is -4.96. The van der Waals surface area contributed by atoms with E-state index in [9.17, 15) is 4.79 Å². The zero-order valence-electron chi connectivity index (χ0n) is 28.4. The number of ketones is 1. The maximum atomic E-state index is 14.4. The first-order valence-corrected chi connectivity index (χ1v) is 22.0. The van der Waals surface area contributed by atoms with Crippen LogP contribution in [0.15, 0.2) is 169 Å². The van der Waals surface area contributed by atoms with Gasteiger partial charge in [0.1, 0.15) is 0 Å². The van der Waals surface area contributed by atoms with E-state index in [1.807, 2.05) is 12.2 Å². The molecule has 3 heteroatoms. The largest absolute Gasteiger partial charge is 0.289 e. The first-order chi connectivity index (χ1) is 24.1. The first-order valence-electron chi connectivity index (χ1n) is 17.6. The number of Topliss-reactive ketones (excluding diaryl/α,β-unsaturated/α-hetero) is 1. The van der Waals surface area contributed by atoms with Crippen molar-refractivity contribution in [1.82, 2.24) is 0 Å². The lowest BCUT2D eigenvalue weighted by molar-refractivity contribution is -0.112. The molecule has 1 saturated carbocycles. The molecular weight excluding hydrogens is 625 g/mol. The molecule has 4 aromatic carbocycles. The van der Waals surface area contributed by atoms with Crippen LogP contribution >= 0.6 is 0 Å². The molecule has 0 saturated heterocycles. The molecule has 0 aromatic heterocycles. The number of hydrogen-bond donors (Lipinski definition) is 0. The van der Waals surface area contributed by atoms with Crippen molar-refractivity contribution >= 4 is 42.7 Å². The van der Waals surface area contributed by atoms with Crippen LogP contribution in [-0.2, 0) is 4.79 Å². The van der Waals surface area contributed by atoms with Gasteiger partial charge in [-0.2, -0.15) is 0 Å². The zero-order chi connectivity index (χ0) is 33.9. The summed E-state index contributed by atoms with van der Waals surface area (Å²) in [4.78, 5) is 14.4. The van der Waals surface area contributed by atoms with E-state index in [0.717, 1.165) is 48.9 Å². The maximum absolute atomic E-state index is 14.4. The molecule has 0 aliphatic heterocycles. The van der Waals surface area contributed by atoms with Crippen LogP contribution in [-0.4, -0.2) is 21.9 Å². The molecule has 242 valence electrons. The van der Waals surface area contributed by atoms with Gasteiger partial charge in [-0.15, -0.1) is 36.1 Å². The minimum atomic E-state index is -2.48. The van der Waals surface area contributed by atoms with Crippen molar-refractivity contribution in [3.8, 4) is 22.9 Å². The zero-order valence-corrected chi connectivity index (χ0v) is 30.4. The molecule has 0 atom stereocenters. The Morgan fingerprint density at radius 3 is 1.14 bits per heavy atom. The van der Waals surface area contributed by atoms with E-state index in [0.29, 0.717) is 12.8 Å². The Morgan fingerprint density at radius 2 is 0.837 bits per heavy atom. The third kappa shape index (κ3) is 7.11. The van der Waals surface area contributed by atoms with Crippen molar-refractivity contribution < 1.29 is 4.79 Å². The molecule has 2 aliphatic carbocycles. The van der Waals surface area contributed by atoms with Crippen LogP contribution in [0.2, 0.25) is 12.1 Å². The average Bonchev–Trinajstić information content (AvgIpc) is 3.27. The molecule has 0 spiro atoms. The SMILES string of the molecule is C=CC[Si](C#CCC1=C2CCCCCC2=C(CC#C[Si](CC=C)(c2ccccc2)c2ccccc2)C1=O)(c1ccccc1)c1ccccc1. The fourth-order valence-corrected chi connectivity index (χ4v) is 14.7. The summed E-state index contributed by atoms with van der Waals surface area (Å²) in [6.07, 6.45) is 10.3. The third-order valence-corrected chi connectivity index (χ3v) is 18.4.